The molecule has 1 aromatic carbocycles. The molecule has 2 aromatic rings. The summed E-state index contributed by atoms with van der Waals surface area (Å²) >= 11 is 0. The van der Waals surface area contributed by atoms with Crippen molar-refractivity contribution in [1.82, 2.24) is 9.88 Å². The van der Waals surface area contributed by atoms with Gasteiger partial charge in [-0.15, -0.1) is 0 Å². The first-order valence-corrected chi connectivity index (χ1v) is 8.36. The van der Waals surface area contributed by atoms with E-state index >= 15 is 0 Å². The van der Waals surface area contributed by atoms with Crippen LogP contribution >= 0.6 is 0 Å². The van der Waals surface area contributed by atoms with Crippen LogP contribution in [0.4, 0.5) is 11.5 Å². The third-order valence-electron chi connectivity index (χ3n) is 4.56. The van der Waals surface area contributed by atoms with E-state index in [1.165, 1.54) is 0 Å². The summed E-state index contributed by atoms with van der Waals surface area (Å²) in [5.74, 6) is 0.715. The maximum absolute atomic E-state index is 12.3. The highest BCUT2D eigenvalue weighted by molar-refractivity contribution is 6.04. The van der Waals surface area contributed by atoms with Gasteiger partial charge in [0.2, 0.25) is 6.41 Å². The van der Waals surface area contributed by atoms with Crippen LogP contribution < -0.4 is 10.2 Å². The van der Waals surface area contributed by atoms with Gasteiger partial charge in [0.25, 0.3) is 5.91 Å². The zero-order valence-corrected chi connectivity index (χ0v) is 14.5. The molecule has 1 saturated heterocycles. The standard InChI is InChI=1S/C19H22N4O2/c1-14-3-4-16(11-15(14)2)19(25)21-17-5-6-18(20-12-17)23-9-7-22(13-24)8-10-23/h3-6,11-13H,7-10H2,1-2H3,(H,21,25). The fraction of sp³-hybridized carbons (Fsp3) is 0.316. The van der Waals surface area contributed by atoms with Gasteiger partial charge in [-0.3, -0.25) is 9.59 Å². The van der Waals surface area contributed by atoms with Gasteiger partial charge in [0.05, 0.1) is 11.9 Å². The van der Waals surface area contributed by atoms with E-state index in [1.54, 1.807) is 11.1 Å². The van der Waals surface area contributed by atoms with Crippen molar-refractivity contribution in [3.63, 3.8) is 0 Å². The van der Waals surface area contributed by atoms with Crippen molar-refractivity contribution in [3.8, 4) is 0 Å². The van der Waals surface area contributed by atoms with Crippen LogP contribution in [0.2, 0.25) is 0 Å². The van der Waals surface area contributed by atoms with Crippen LogP contribution in [0.15, 0.2) is 36.5 Å². The molecule has 2 heterocycles. The Hall–Kier alpha value is -2.89. The Morgan fingerprint density at radius 1 is 1.08 bits per heavy atom. The summed E-state index contributed by atoms with van der Waals surface area (Å²) < 4.78 is 0. The van der Waals surface area contributed by atoms with E-state index in [4.69, 9.17) is 0 Å². The van der Waals surface area contributed by atoms with Crippen LogP contribution in [0.25, 0.3) is 0 Å². The van der Waals surface area contributed by atoms with E-state index in [9.17, 15) is 9.59 Å². The molecule has 3 rings (SSSR count). The van der Waals surface area contributed by atoms with E-state index in [-0.39, 0.29) is 5.91 Å². The van der Waals surface area contributed by atoms with Gasteiger partial charge in [0.1, 0.15) is 5.82 Å². The number of nitrogens with one attached hydrogen (secondary N) is 1. The predicted molar refractivity (Wildman–Crippen MR) is 98.0 cm³/mol. The van der Waals surface area contributed by atoms with Crippen LogP contribution in [0.3, 0.4) is 0 Å². The largest absolute Gasteiger partial charge is 0.353 e. The van der Waals surface area contributed by atoms with Crippen molar-refractivity contribution in [3.05, 3.63) is 53.2 Å². The number of aryl methyl sites for hydroxylation is 2. The zero-order chi connectivity index (χ0) is 17.8. The average molecular weight is 338 g/mol. The number of aromatic nitrogens is 1. The Bertz CT molecular complexity index is 765. The lowest BCUT2D eigenvalue weighted by atomic mass is 10.1. The molecule has 130 valence electrons. The van der Waals surface area contributed by atoms with Crippen molar-refractivity contribution in [2.75, 3.05) is 36.4 Å². The van der Waals surface area contributed by atoms with Crippen molar-refractivity contribution < 1.29 is 9.59 Å². The minimum atomic E-state index is -0.141. The number of rotatable bonds is 4. The van der Waals surface area contributed by atoms with E-state index < -0.39 is 0 Å². The smallest absolute Gasteiger partial charge is 0.255 e. The van der Waals surface area contributed by atoms with Gasteiger partial charge in [0.15, 0.2) is 0 Å². The highest BCUT2D eigenvalue weighted by Crippen LogP contribution is 2.17. The Morgan fingerprint density at radius 2 is 1.84 bits per heavy atom. The molecule has 0 bridgehead atoms. The second-order valence-corrected chi connectivity index (χ2v) is 6.29. The summed E-state index contributed by atoms with van der Waals surface area (Å²) in [6.45, 7) is 6.95. The lowest BCUT2D eigenvalue weighted by Crippen LogP contribution is -2.46. The molecule has 2 amide bonds. The third-order valence-corrected chi connectivity index (χ3v) is 4.56. The molecule has 1 aliphatic heterocycles. The number of nitrogens with zero attached hydrogens (tertiary/aromatic N) is 3. The van der Waals surface area contributed by atoms with Crippen LogP contribution in [0, 0.1) is 13.8 Å². The molecule has 0 radical (unpaired) electrons. The Labute approximate surface area is 147 Å². The molecule has 6 heteroatoms. The van der Waals surface area contributed by atoms with Gasteiger partial charge in [-0.25, -0.2) is 4.98 Å². The number of anilines is 2. The number of benzene rings is 1. The van der Waals surface area contributed by atoms with E-state index in [2.05, 4.69) is 15.2 Å². The Balaban J connectivity index is 1.63. The van der Waals surface area contributed by atoms with E-state index in [1.807, 2.05) is 44.2 Å². The molecule has 0 unspecified atom stereocenters. The Morgan fingerprint density at radius 3 is 2.44 bits per heavy atom. The fourth-order valence-corrected chi connectivity index (χ4v) is 2.79. The molecule has 0 saturated carbocycles. The van der Waals surface area contributed by atoms with Crippen molar-refractivity contribution in [1.29, 1.82) is 0 Å². The maximum Gasteiger partial charge on any atom is 0.255 e. The molecule has 1 aliphatic rings. The lowest BCUT2D eigenvalue weighted by Gasteiger charge is -2.33. The van der Waals surface area contributed by atoms with Gasteiger partial charge >= 0.3 is 0 Å². The number of amides is 2. The first kappa shape index (κ1) is 17.0. The molecule has 0 aliphatic carbocycles. The summed E-state index contributed by atoms with van der Waals surface area (Å²) in [5.41, 5.74) is 3.56. The maximum atomic E-state index is 12.3. The van der Waals surface area contributed by atoms with Gasteiger partial charge in [-0.1, -0.05) is 6.07 Å². The van der Waals surface area contributed by atoms with Gasteiger partial charge in [-0.05, 0) is 49.2 Å². The van der Waals surface area contributed by atoms with Gasteiger partial charge in [0, 0.05) is 31.7 Å². The fourth-order valence-electron chi connectivity index (χ4n) is 2.79. The van der Waals surface area contributed by atoms with Gasteiger partial charge in [-0.2, -0.15) is 0 Å². The number of hydrogen-bond donors (Lipinski definition) is 1. The first-order valence-electron chi connectivity index (χ1n) is 8.36. The average Bonchev–Trinajstić information content (AvgIpc) is 2.64. The van der Waals surface area contributed by atoms with Crippen LogP contribution in [-0.4, -0.2) is 48.4 Å². The first-order chi connectivity index (χ1) is 12.1. The van der Waals surface area contributed by atoms with Crippen molar-refractivity contribution in [2.24, 2.45) is 0 Å². The summed E-state index contributed by atoms with van der Waals surface area (Å²) in [5, 5.41) is 2.88. The second-order valence-electron chi connectivity index (χ2n) is 6.29. The summed E-state index contributed by atoms with van der Waals surface area (Å²) in [6, 6.07) is 9.41. The number of piperazine rings is 1. The molecule has 1 aromatic heterocycles. The summed E-state index contributed by atoms with van der Waals surface area (Å²) in [7, 11) is 0. The molecular formula is C19H22N4O2. The molecular weight excluding hydrogens is 316 g/mol. The summed E-state index contributed by atoms with van der Waals surface area (Å²) in [4.78, 5) is 31.4. The highest BCUT2D eigenvalue weighted by Gasteiger charge is 2.16. The van der Waals surface area contributed by atoms with Crippen LogP contribution in [0.1, 0.15) is 21.5 Å². The van der Waals surface area contributed by atoms with Gasteiger partial charge < -0.3 is 15.1 Å². The van der Waals surface area contributed by atoms with Crippen molar-refractivity contribution >= 4 is 23.8 Å². The minimum absolute atomic E-state index is 0.141. The van der Waals surface area contributed by atoms with E-state index in [0.717, 1.165) is 36.4 Å². The molecule has 1 N–H and O–H groups in total. The number of carbonyl (C=O) groups excluding carboxylic acids is 2. The summed E-state index contributed by atoms with van der Waals surface area (Å²) in [6.07, 6.45) is 2.55. The normalized spacial score (nSPS) is 14.3. The quantitative estimate of drug-likeness (QED) is 0.868. The van der Waals surface area contributed by atoms with Crippen molar-refractivity contribution in [2.45, 2.75) is 13.8 Å². The number of pyridine rings is 1. The highest BCUT2D eigenvalue weighted by atomic mass is 16.1. The number of carbonyl (C=O) groups is 2. The van der Waals surface area contributed by atoms with Crippen LogP contribution in [0.5, 0.6) is 0 Å². The Kier molecular flexibility index (Phi) is 4.97. The third kappa shape index (κ3) is 3.96. The second kappa shape index (κ2) is 7.34. The topological polar surface area (TPSA) is 65.5 Å². The molecule has 25 heavy (non-hydrogen) atoms. The predicted octanol–water partition coefficient (Wildman–Crippen LogP) is 2.23. The van der Waals surface area contributed by atoms with Crippen LogP contribution in [-0.2, 0) is 4.79 Å². The number of hydrogen-bond acceptors (Lipinski definition) is 4. The SMILES string of the molecule is Cc1ccc(C(=O)Nc2ccc(N3CCN(C=O)CC3)nc2)cc1C. The lowest BCUT2D eigenvalue weighted by molar-refractivity contribution is -0.118. The van der Waals surface area contributed by atoms with E-state index in [0.29, 0.717) is 24.3 Å². The monoisotopic (exact) mass is 338 g/mol. The minimum Gasteiger partial charge on any atom is -0.353 e. The zero-order valence-electron chi connectivity index (χ0n) is 14.5. The molecule has 1 fully saturated rings. The molecule has 0 spiro atoms. The molecule has 0 atom stereocenters. The molecule has 6 nitrogen and oxygen atoms in total.